The molecule has 2 aromatic heterocycles. The van der Waals surface area contributed by atoms with Crippen molar-refractivity contribution in [3.8, 4) is 0 Å². The Morgan fingerprint density at radius 2 is 2.19 bits per heavy atom. The van der Waals surface area contributed by atoms with Crippen LogP contribution in [-0.2, 0) is 31.2 Å². The summed E-state index contributed by atoms with van der Waals surface area (Å²) in [4.78, 5) is 46.8. The predicted molar refractivity (Wildman–Crippen MR) is 73.7 cm³/mol. The van der Waals surface area contributed by atoms with E-state index in [0.717, 1.165) is 16.0 Å². The van der Waals surface area contributed by atoms with Crippen molar-refractivity contribution in [2.45, 2.75) is 19.4 Å². The van der Waals surface area contributed by atoms with E-state index in [4.69, 9.17) is 0 Å². The van der Waals surface area contributed by atoms with Crippen LogP contribution in [0.2, 0.25) is 0 Å². The van der Waals surface area contributed by atoms with Gasteiger partial charge in [0.25, 0.3) is 5.56 Å². The van der Waals surface area contributed by atoms with Crippen LogP contribution in [0.5, 0.6) is 0 Å². The summed E-state index contributed by atoms with van der Waals surface area (Å²) in [6.07, 6.45) is 3.62. The van der Waals surface area contributed by atoms with Gasteiger partial charge in [-0.2, -0.15) is 0 Å². The minimum absolute atomic E-state index is 0.0209. The summed E-state index contributed by atoms with van der Waals surface area (Å²) in [6.45, 7) is 1.05. The van der Waals surface area contributed by atoms with Crippen LogP contribution in [0, 0.1) is 0 Å². The molecular weight excluding hydrogens is 274 g/mol. The molecule has 0 aliphatic carbocycles. The smallest absolute Gasteiger partial charge is 0.328 e. The van der Waals surface area contributed by atoms with E-state index in [1.165, 1.54) is 13.2 Å². The summed E-state index contributed by atoms with van der Waals surface area (Å²) in [5.74, 6) is -0.139. The number of aromatic nitrogens is 4. The first-order valence-corrected chi connectivity index (χ1v) is 6.62. The zero-order chi connectivity index (χ0) is 15.0. The number of rotatable bonds is 2. The number of aromatic amines is 2. The fourth-order valence-electron chi connectivity index (χ4n) is 2.44. The second-order valence-electron chi connectivity index (χ2n) is 5.05. The van der Waals surface area contributed by atoms with Gasteiger partial charge in [0.05, 0.1) is 30.7 Å². The van der Waals surface area contributed by atoms with E-state index < -0.39 is 11.2 Å². The highest BCUT2D eigenvalue weighted by Crippen LogP contribution is 2.15. The van der Waals surface area contributed by atoms with Crippen molar-refractivity contribution in [3.05, 3.63) is 50.3 Å². The van der Waals surface area contributed by atoms with Gasteiger partial charge in [-0.1, -0.05) is 0 Å². The average molecular weight is 289 g/mol. The van der Waals surface area contributed by atoms with Gasteiger partial charge in [-0.05, 0) is 0 Å². The van der Waals surface area contributed by atoms with Crippen molar-refractivity contribution in [1.82, 2.24) is 24.4 Å². The van der Waals surface area contributed by atoms with Crippen LogP contribution in [-0.4, -0.2) is 36.9 Å². The van der Waals surface area contributed by atoms with Gasteiger partial charge in [-0.25, -0.2) is 9.78 Å². The van der Waals surface area contributed by atoms with E-state index in [9.17, 15) is 14.4 Å². The number of nitrogens with zero attached hydrogens (tertiary/aromatic N) is 3. The molecule has 3 rings (SSSR count). The third-order valence-corrected chi connectivity index (χ3v) is 3.72. The molecular formula is C13H15N5O3. The van der Waals surface area contributed by atoms with Crippen LogP contribution in [0.3, 0.4) is 0 Å². The van der Waals surface area contributed by atoms with E-state index in [1.54, 1.807) is 11.2 Å². The molecule has 21 heavy (non-hydrogen) atoms. The molecule has 0 spiro atoms. The highest BCUT2D eigenvalue weighted by atomic mass is 16.2. The Bertz CT molecular complexity index is 801. The van der Waals surface area contributed by atoms with Gasteiger partial charge in [-0.15, -0.1) is 0 Å². The summed E-state index contributed by atoms with van der Waals surface area (Å²) in [6, 6.07) is 0. The summed E-state index contributed by atoms with van der Waals surface area (Å²) in [5.41, 5.74) is 1.28. The van der Waals surface area contributed by atoms with E-state index in [-0.39, 0.29) is 17.9 Å². The first kappa shape index (κ1) is 13.3. The topological polar surface area (TPSA) is 104 Å². The van der Waals surface area contributed by atoms with Crippen molar-refractivity contribution in [1.29, 1.82) is 0 Å². The third kappa shape index (κ3) is 2.39. The molecule has 0 unspecified atom stereocenters. The zero-order valence-corrected chi connectivity index (χ0v) is 11.5. The van der Waals surface area contributed by atoms with E-state index in [0.29, 0.717) is 19.5 Å². The monoisotopic (exact) mass is 289 g/mol. The fourth-order valence-corrected chi connectivity index (χ4v) is 2.44. The maximum atomic E-state index is 12.3. The molecule has 0 fully saturated rings. The minimum atomic E-state index is -0.490. The maximum Gasteiger partial charge on any atom is 0.328 e. The number of amides is 1. The molecule has 0 bridgehead atoms. The normalized spacial score (nSPS) is 14.0. The lowest BCUT2D eigenvalue weighted by Crippen LogP contribution is -2.40. The first-order valence-electron chi connectivity index (χ1n) is 6.62. The van der Waals surface area contributed by atoms with Gasteiger partial charge in [0.1, 0.15) is 0 Å². The van der Waals surface area contributed by atoms with E-state index in [2.05, 4.69) is 15.0 Å². The molecule has 8 heteroatoms. The lowest BCUT2D eigenvalue weighted by Gasteiger charge is -2.26. The lowest BCUT2D eigenvalue weighted by molar-refractivity contribution is -0.131. The van der Waals surface area contributed by atoms with Crippen LogP contribution < -0.4 is 11.2 Å². The molecule has 0 aromatic carbocycles. The van der Waals surface area contributed by atoms with Gasteiger partial charge >= 0.3 is 5.69 Å². The zero-order valence-electron chi connectivity index (χ0n) is 11.5. The fraction of sp³-hybridized carbons (Fsp3) is 0.385. The van der Waals surface area contributed by atoms with Crippen molar-refractivity contribution in [2.24, 2.45) is 7.05 Å². The Kier molecular flexibility index (Phi) is 3.20. The predicted octanol–water partition coefficient (Wildman–Crippen LogP) is -1.08. The summed E-state index contributed by atoms with van der Waals surface area (Å²) < 4.78 is 0.964. The molecule has 3 heterocycles. The van der Waals surface area contributed by atoms with Crippen LogP contribution in [0.15, 0.2) is 22.1 Å². The van der Waals surface area contributed by atoms with Crippen LogP contribution >= 0.6 is 0 Å². The number of nitrogens with one attached hydrogen (secondary N) is 2. The first-order chi connectivity index (χ1) is 10.1. The Morgan fingerprint density at radius 1 is 1.38 bits per heavy atom. The molecule has 1 aliphatic heterocycles. The SMILES string of the molecule is Cn1c(=O)[nH]cc(CC(=O)N2CCc3nc[nH]c3C2)c1=O. The molecule has 0 saturated heterocycles. The Balaban J connectivity index is 1.78. The van der Waals surface area contributed by atoms with Crippen molar-refractivity contribution in [2.75, 3.05) is 6.54 Å². The number of H-pyrrole nitrogens is 2. The quantitative estimate of drug-likeness (QED) is 0.734. The molecule has 1 amide bonds. The molecule has 0 saturated carbocycles. The molecule has 0 atom stereocenters. The van der Waals surface area contributed by atoms with Crippen LogP contribution in [0.25, 0.3) is 0 Å². The largest absolute Gasteiger partial charge is 0.347 e. The number of hydrogen-bond acceptors (Lipinski definition) is 4. The Morgan fingerprint density at radius 3 is 3.00 bits per heavy atom. The number of imidazole rings is 1. The number of carbonyl (C=O) groups is 1. The van der Waals surface area contributed by atoms with Crippen LogP contribution in [0.4, 0.5) is 0 Å². The number of fused-ring (bicyclic) bond motifs is 1. The Labute approximate surface area is 119 Å². The number of hydrogen-bond donors (Lipinski definition) is 2. The number of carbonyl (C=O) groups excluding carboxylic acids is 1. The maximum absolute atomic E-state index is 12.3. The summed E-state index contributed by atoms with van der Waals surface area (Å²) in [7, 11) is 1.38. The second kappa shape index (κ2) is 5.04. The van der Waals surface area contributed by atoms with Crippen molar-refractivity contribution < 1.29 is 4.79 Å². The highest BCUT2D eigenvalue weighted by Gasteiger charge is 2.23. The van der Waals surface area contributed by atoms with E-state index >= 15 is 0 Å². The van der Waals surface area contributed by atoms with E-state index in [1.807, 2.05) is 0 Å². The average Bonchev–Trinajstić information content (AvgIpc) is 2.95. The Hall–Kier alpha value is -2.64. The van der Waals surface area contributed by atoms with Gasteiger partial charge in [-0.3, -0.25) is 14.2 Å². The van der Waals surface area contributed by atoms with Gasteiger partial charge < -0.3 is 14.9 Å². The summed E-state index contributed by atoms with van der Waals surface area (Å²) in [5, 5.41) is 0. The van der Waals surface area contributed by atoms with Gasteiger partial charge in [0.15, 0.2) is 0 Å². The molecule has 110 valence electrons. The molecule has 8 nitrogen and oxygen atoms in total. The molecule has 2 N–H and O–H groups in total. The molecule has 0 radical (unpaired) electrons. The van der Waals surface area contributed by atoms with Crippen molar-refractivity contribution in [3.63, 3.8) is 0 Å². The molecule has 2 aromatic rings. The molecule has 1 aliphatic rings. The van der Waals surface area contributed by atoms with Gasteiger partial charge in [0, 0.05) is 31.8 Å². The highest BCUT2D eigenvalue weighted by molar-refractivity contribution is 5.78. The van der Waals surface area contributed by atoms with Gasteiger partial charge in [0.2, 0.25) is 5.91 Å². The minimum Gasteiger partial charge on any atom is -0.347 e. The van der Waals surface area contributed by atoms with Crippen molar-refractivity contribution >= 4 is 5.91 Å². The lowest BCUT2D eigenvalue weighted by atomic mass is 10.1. The van der Waals surface area contributed by atoms with Crippen LogP contribution in [0.1, 0.15) is 17.0 Å². The second-order valence-corrected chi connectivity index (χ2v) is 5.05. The third-order valence-electron chi connectivity index (χ3n) is 3.72. The standard InChI is InChI=1S/C13H15N5O3/c1-17-12(20)8(5-14-13(17)21)4-11(19)18-3-2-9-10(6-18)16-7-15-9/h5,7H,2-4,6H2,1H3,(H,14,21)(H,15,16). The summed E-state index contributed by atoms with van der Waals surface area (Å²) >= 11 is 0.